The van der Waals surface area contributed by atoms with Gasteiger partial charge in [-0.25, -0.2) is 9.97 Å². The van der Waals surface area contributed by atoms with Crippen LogP contribution < -0.4 is 10.6 Å². The topological polar surface area (TPSA) is 49.8 Å². The Morgan fingerprint density at radius 3 is 2.44 bits per heavy atom. The van der Waals surface area contributed by atoms with Crippen molar-refractivity contribution < 1.29 is 0 Å². The summed E-state index contributed by atoms with van der Waals surface area (Å²) in [6.07, 6.45) is 4.26. The number of thioether (sulfide) groups is 1. The van der Waals surface area contributed by atoms with Gasteiger partial charge in [0.25, 0.3) is 0 Å². The molecule has 18 heavy (non-hydrogen) atoms. The number of rotatable bonds is 8. The fourth-order valence-corrected chi connectivity index (χ4v) is 1.75. The molecule has 0 saturated carbocycles. The lowest BCUT2D eigenvalue weighted by atomic mass is 10.1. The van der Waals surface area contributed by atoms with Crippen LogP contribution >= 0.6 is 11.8 Å². The van der Waals surface area contributed by atoms with Crippen LogP contribution in [0.15, 0.2) is 11.2 Å². The summed E-state index contributed by atoms with van der Waals surface area (Å²) in [5.41, 5.74) is 0. The summed E-state index contributed by atoms with van der Waals surface area (Å²) >= 11 is 1.57. The lowest BCUT2D eigenvalue weighted by molar-refractivity contribution is 0.592. The molecule has 0 spiro atoms. The highest BCUT2D eigenvalue weighted by Crippen LogP contribution is 2.17. The van der Waals surface area contributed by atoms with Gasteiger partial charge in [-0.2, -0.15) is 0 Å². The van der Waals surface area contributed by atoms with Crippen molar-refractivity contribution in [2.75, 3.05) is 30.0 Å². The second-order valence-corrected chi connectivity index (χ2v) is 5.22. The molecule has 0 radical (unpaired) electrons. The summed E-state index contributed by atoms with van der Waals surface area (Å²) in [6, 6.07) is 1.98. The molecule has 0 amide bonds. The minimum absolute atomic E-state index is 0.657. The maximum atomic E-state index is 4.47. The highest BCUT2D eigenvalue weighted by atomic mass is 32.2. The quantitative estimate of drug-likeness (QED) is 0.558. The van der Waals surface area contributed by atoms with Crippen molar-refractivity contribution in [2.24, 2.45) is 5.92 Å². The van der Waals surface area contributed by atoms with E-state index >= 15 is 0 Å². The van der Waals surface area contributed by atoms with Crippen LogP contribution in [0.25, 0.3) is 0 Å². The Balaban J connectivity index is 2.70. The molecule has 5 heteroatoms. The molecule has 0 aliphatic carbocycles. The summed E-state index contributed by atoms with van der Waals surface area (Å²) in [4.78, 5) is 8.90. The van der Waals surface area contributed by atoms with Gasteiger partial charge in [0.05, 0.1) is 0 Å². The van der Waals surface area contributed by atoms with E-state index in [0.717, 1.165) is 36.3 Å². The van der Waals surface area contributed by atoms with E-state index in [0.29, 0.717) is 5.92 Å². The van der Waals surface area contributed by atoms with Gasteiger partial charge in [0.2, 0.25) is 0 Å². The van der Waals surface area contributed by atoms with Gasteiger partial charge in [0.1, 0.15) is 11.6 Å². The van der Waals surface area contributed by atoms with Crippen molar-refractivity contribution in [3.8, 4) is 0 Å². The molecule has 0 saturated heterocycles. The number of hydrogen-bond donors (Lipinski definition) is 2. The Labute approximate surface area is 114 Å². The fraction of sp³-hybridized carbons (Fsp3) is 0.692. The first kappa shape index (κ1) is 15.1. The molecule has 0 aliphatic heterocycles. The predicted molar refractivity (Wildman–Crippen MR) is 80.5 cm³/mol. The van der Waals surface area contributed by atoms with Gasteiger partial charge in [0, 0.05) is 19.2 Å². The molecule has 1 heterocycles. The predicted octanol–water partition coefficient (Wildman–Crippen LogP) is 3.48. The number of aromatic nitrogens is 2. The molecule has 0 aliphatic rings. The summed E-state index contributed by atoms with van der Waals surface area (Å²) < 4.78 is 0. The van der Waals surface area contributed by atoms with Crippen molar-refractivity contribution in [1.82, 2.24) is 9.97 Å². The van der Waals surface area contributed by atoms with E-state index in [4.69, 9.17) is 0 Å². The van der Waals surface area contributed by atoms with Crippen molar-refractivity contribution in [3.63, 3.8) is 0 Å². The average Bonchev–Trinajstić information content (AvgIpc) is 2.42. The number of hydrogen-bond acceptors (Lipinski definition) is 5. The minimum Gasteiger partial charge on any atom is -0.370 e. The van der Waals surface area contributed by atoms with Crippen molar-refractivity contribution in [3.05, 3.63) is 6.07 Å². The number of anilines is 2. The third-order valence-electron chi connectivity index (χ3n) is 2.77. The SMILES string of the molecule is CCCNc1cc(NCC(C)CC)nc(SC)n1. The van der Waals surface area contributed by atoms with E-state index in [9.17, 15) is 0 Å². The maximum absolute atomic E-state index is 4.47. The highest BCUT2D eigenvalue weighted by Gasteiger charge is 2.05. The molecule has 2 N–H and O–H groups in total. The Morgan fingerprint density at radius 1 is 1.22 bits per heavy atom. The van der Waals surface area contributed by atoms with Gasteiger partial charge < -0.3 is 10.6 Å². The van der Waals surface area contributed by atoms with E-state index < -0.39 is 0 Å². The summed E-state index contributed by atoms with van der Waals surface area (Å²) in [5.74, 6) is 2.47. The Kier molecular flexibility index (Phi) is 6.86. The molecule has 1 unspecified atom stereocenters. The normalized spacial score (nSPS) is 12.2. The summed E-state index contributed by atoms with van der Waals surface area (Å²) in [5, 5.41) is 7.50. The molecule has 1 aromatic heterocycles. The van der Waals surface area contributed by atoms with Gasteiger partial charge in [-0.1, -0.05) is 39.0 Å². The maximum Gasteiger partial charge on any atom is 0.191 e. The molecule has 4 nitrogen and oxygen atoms in total. The first-order chi connectivity index (χ1) is 8.69. The molecular weight excluding hydrogens is 244 g/mol. The lowest BCUT2D eigenvalue weighted by Crippen LogP contribution is -2.12. The van der Waals surface area contributed by atoms with Crippen LogP contribution in [-0.2, 0) is 0 Å². The molecule has 102 valence electrons. The Hall–Kier alpha value is -0.970. The van der Waals surface area contributed by atoms with E-state index in [1.165, 1.54) is 6.42 Å². The molecule has 1 atom stereocenters. The zero-order valence-electron chi connectivity index (χ0n) is 11.8. The molecule has 0 bridgehead atoms. The number of nitrogens with zero attached hydrogens (tertiary/aromatic N) is 2. The molecule has 1 rings (SSSR count). The second-order valence-electron chi connectivity index (χ2n) is 4.45. The van der Waals surface area contributed by atoms with Crippen LogP contribution in [0.3, 0.4) is 0 Å². The standard InChI is InChI=1S/C13H24N4S/c1-5-7-14-11-8-12(15-9-10(3)6-2)17-13(16-11)18-4/h8,10H,5-7,9H2,1-4H3,(H2,14,15,16,17). The van der Waals surface area contributed by atoms with Crippen molar-refractivity contribution >= 4 is 23.4 Å². The third kappa shape index (κ3) is 5.12. The zero-order chi connectivity index (χ0) is 13.4. The zero-order valence-corrected chi connectivity index (χ0v) is 12.6. The smallest absolute Gasteiger partial charge is 0.191 e. The van der Waals surface area contributed by atoms with E-state index in [1.807, 2.05) is 12.3 Å². The number of nitrogens with one attached hydrogen (secondary N) is 2. The Morgan fingerprint density at radius 2 is 1.89 bits per heavy atom. The van der Waals surface area contributed by atoms with E-state index in [-0.39, 0.29) is 0 Å². The first-order valence-electron chi connectivity index (χ1n) is 6.60. The molecule has 0 aromatic carbocycles. The van der Waals surface area contributed by atoms with Gasteiger partial charge in [-0.05, 0) is 18.6 Å². The molecular formula is C13H24N4S. The van der Waals surface area contributed by atoms with Gasteiger partial charge in [-0.15, -0.1) is 0 Å². The van der Waals surface area contributed by atoms with Crippen LogP contribution in [0.1, 0.15) is 33.6 Å². The van der Waals surface area contributed by atoms with Crippen molar-refractivity contribution in [2.45, 2.75) is 38.8 Å². The van der Waals surface area contributed by atoms with Crippen LogP contribution in [-0.4, -0.2) is 29.3 Å². The second kappa shape index (κ2) is 8.19. The van der Waals surface area contributed by atoms with Crippen molar-refractivity contribution in [1.29, 1.82) is 0 Å². The molecule has 1 aromatic rings. The van der Waals surface area contributed by atoms with Gasteiger partial charge in [0.15, 0.2) is 5.16 Å². The Bertz CT molecular complexity index is 357. The van der Waals surface area contributed by atoms with Crippen LogP contribution in [0.4, 0.5) is 11.6 Å². The lowest BCUT2D eigenvalue weighted by Gasteiger charge is -2.12. The fourth-order valence-electron chi connectivity index (χ4n) is 1.37. The third-order valence-corrected chi connectivity index (χ3v) is 3.32. The van der Waals surface area contributed by atoms with E-state index in [2.05, 4.69) is 41.4 Å². The van der Waals surface area contributed by atoms with E-state index in [1.54, 1.807) is 11.8 Å². The van der Waals surface area contributed by atoms with Crippen LogP contribution in [0, 0.1) is 5.92 Å². The highest BCUT2D eigenvalue weighted by molar-refractivity contribution is 7.98. The first-order valence-corrected chi connectivity index (χ1v) is 7.82. The summed E-state index contributed by atoms with van der Waals surface area (Å²) in [6.45, 7) is 8.48. The monoisotopic (exact) mass is 268 g/mol. The summed E-state index contributed by atoms with van der Waals surface area (Å²) in [7, 11) is 0. The van der Waals surface area contributed by atoms with Gasteiger partial charge >= 0.3 is 0 Å². The van der Waals surface area contributed by atoms with Crippen LogP contribution in [0.5, 0.6) is 0 Å². The molecule has 0 fully saturated rings. The largest absolute Gasteiger partial charge is 0.370 e. The average molecular weight is 268 g/mol. The minimum atomic E-state index is 0.657. The van der Waals surface area contributed by atoms with Gasteiger partial charge in [-0.3, -0.25) is 0 Å². The van der Waals surface area contributed by atoms with Crippen LogP contribution in [0.2, 0.25) is 0 Å².